The fourth-order valence-electron chi connectivity index (χ4n) is 2.97. The van der Waals surface area contributed by atoms with E-state index in [1.54, 1.807) is 7.11 Å². The molecule has 1 aliphatic rings. The molecule has 2 aromatic rings. The van der Waals surface area contributed by atoms with Crippen LogP contribution in [0, 0.1) is 5.92 Å². The lowest BCUT2D eigenvalue weighted by Gasteiger charge is -2.30. The van der Waals surface area contributed by atoms with Crippen molar-refractivity contribution in [3.63, 3.8) is 0 Å². The number of benzene rings is 1. The highest BCUT2D eigenvalue weighted by Crippen LogP contribution is 2.24. The van der Waals surface area contributed by atoms with Crippen molar-refractivity contribution in [2.45, 2.75) is 26.2 Å². The third-order valence-electron chi connectivity index (χ3n) is 4.28. The molecule has 1 aromatic carbocycles. The number of ether oxygens (including phenoxy) is 1. The van der Waals surface area contributed by atoms with Crippen molar-refractivity contribution in [1.29, 1.82) is 0 Å². The summed E-state index contributed by atoms with van der Waals surface area (Å²) in [5, 5.41) is 4.04. The zero-order valence-electron chi connectivity index (χ0n) is 13.6. The normalized spacial score (nSPS) is 18.0. The van der Waals surface area contributed by atoms with Gasteiger partial charge in [-0.25, -0.2) is 0 Å². The molecule has 0 spiro atoms. The van der Waals surface area contributed by atoms with E-state index < -0.39 is 0 Å². The van der Waals surface area contributed by atoms with Gasteiger partial charge in [0.15, 0.2) is 5.76 Å². The van der Waals surface area contributed by atoms with Crippen LogP contribution in [0.4, 0.5) is 0 Å². The summed E-state index contributed by atoms with van der Waals surface area (Å²) in [5.74, 6) is 2.18. The van der Waals surface area contributed by atoms with Gasteiger partial charge in [-0.3, -0.25) is 4.79 Å². The van der Waals surface area contributed by atoms with Crippen LogP contribution in [-0.4, -0.2) is 36.2 Å². The van der Waals surface area contributed by atoms with E-state index in [0.717, 1.165) is 30.8 Å². The Kier molecular flexibility index (Phi) is 4.65. The molecule has 1 aromatic heterocycles. The molecule has 1 saturated heterocycles. The molecule has 1 fully saturated rings. The molecule has 5 heteroatoms. The van der Waals surface area contributed by atoms with E-state index in [9.17, 15) is 4.79 Å². The maximum Gasteiger partial charge on any atom is 0.228 e. The maximum absolute atomic E-state index is 12.4. The summed E-state index contributed by atoms with van der Waals surface area (Å²) >= 11 is 0. The molecule has 0 radical (unpaired) electrons. The summed E-state index contributed by atoms with van der Waals surface area (Å²) in [6, 6.07) is 9.41. The number of aromatic nitrogens is 1. The lowest BCUT2D eigenvalue weighted by molar-refractivity contribution is -0.132. The number of carbonyl (C=O) groups is 1. The summed E-state index contributed by atoms with van der Waals surface area (Å²) in [6.45, 7) is 3.89. The number of hydrogen-bond acceptors (Lipinski definition) is 4. The van der Waals surface area contributed by atoms with E-state index in [1.807, 2.05) is 35.2 Å². The highest BCUT2D eigenvalue weighted by molar-refractivity contribution is 5.78. The van der Waals surface area contributed by atoms with Gasteiger partial charge >= 0.3 is 0 Å². The van der Waals surface area contributed by atoms with E-state index in [0.29, 0.717) is 23.8 Å². The minimum absolute atomic E-state index is 0.131. The molecule has 0 saturated carbocycles. The second-order valence-corrected chi connectivity index (χ2v) is 6.17. The Bertz CT molecular complexity index is 663. The second-order valence-electron chi connectivity index (χ2n) is 6.17. The quantitative estimate of drug-likeness (QED) is 0.870. The maximum atomic E-state index is 12.4. The Morgan fingerprint density at radius 2 is 2.17 bits per heavy atom. The molecule has 122 valence electrons. The fraction of sp³-hybridized carbons (Fsp3) is 0.444. The minimum atomic E-state index is 0.131. The van der Waals surface area contributed by atoms with E-state index in [-0.39, 0.29) is 5.91 Å². The molecule has 23 heavy (non-hydrogen) atoms. The molecule has 1 unspecified atom stereocenters. The Morgan fingerprint density at radius 3 is 2.87 bits per heavy atom. The van der Waals surface area contributed by atoms with Crippen LogP contribution in [-0.2, 0) is 11.2 Å². The lowest BCUT2D eigenvalue weighted by Crippen LogP contribution is -2.39. The first-order valence-electron chi connectivity index (χ1n) is 8.03. The molecule has 3 rings (SSSR count). The molecule has 0 N–H and O–H groups in total. The number of hydrogen-bond donors (Lipinski definition) is 0. The van der Waals surface area contributed by atoms with Gasteiger partial charge in [0.25, 0.3) is 0 Å². The Hall–Kier alpha value is -2.30. The molecular weight excluding hydrogens is 292 g/mol. The predicted octanol–water partition coefficient (Wildman–Crippen LogP) is 3.15. The number of amides is 1. The minimum Gasteiger partial charge on any atom is -0.497 e. The third-order valence-corrected chi connectivity index (χ3v) is 4.28. The van der Waals surface area contributed by atoms with Gasteiger partial charge in [-0.1, -0.05) is 12.1 Å². The van der Waals surface area contributed by atoms with Crippen molar-refractivity contribution >= 4 is 5.91 Å². The van der Waals surface area contributed by atoms with E-state index >= 15 is 0 Å². The summed E-state index contributed by atoms with van der Waals surface area (Å²) in [6.07, 6.45) is 2.59. The van der Waals surface area contributed by atoms with Gasteiger partial charge in [-0.15, -0.1) is 0 Å². The molecule has 1 atom stereocenters. The van der Waals surface area contributed by atoms with Crippen molar-refractivity contribution in [3.8, 4) is 17.1 Å². The summed E-state index contributed by atoms with van der Waals surface area (Å²) in [4.78, 5) is 14.3. The number of methoxy groups -OCH3 is 1. The standard InChI is InChI=1S/C18H22N2O3/c1-13-4-3-9-20(12-13)18(21)11-15-10-17(23-19-15)14-5-7-16(22-2)8-6-14/h5-8,10,13H,3-4,9,11-12H2,1-2H3. The number of carbonyl (C=O) groups excluding carboxylic acids is 1. The van der Waals surface area contributed by atoms with E-state index in [1.165, 1.54) is 6.42 Å². The van der Waals surface area contributed by atoms with Crippen LogP contribution >= 0.6 is 0 Å². The topological polar surface area (TPSA) is 55.6 Å². The van der Waals surface area contributed by atoms with Gasteiger partial charge in [0.05, 0.1) is 19.2 Å². The monoisotopic (exact) mass is 314 g/mol. The first kappa shape index (κ1) is 15.6. The number of piperidine rings is 1. The van der Waals surface area contributed by atoms with Crippen molar-refractivity contribution in [2.24, 2.45) is 5.92 Å². The Morgan fingerprint density at radius 1 is 1.39 bits per heavy atom. The highest BCUT2D eigenvalue weighted by atomic mass is 16.5. The molecular formula is C18H22N2O3. The lowest BCUT2D eigenvalue weighted by atomic mass is 10.00. The number of likely N-dealkylation sites (tertiary alicyclic amines) is 1. The van der Waals surface area contributed by atoms with Crippen molar-refractivity contribution < 1.29 is 14.1 Å². The van der Waals surface area contributed by atoms with Gasteiger partial charge < -0.3 is 14.2 Å². The number of rotatable bonds is 4. The van der Waals surface area contributed by atoms with Crippen molar-refractivity contribution in [2.75, 3.05) is 20.2 Å². The van der Waals surface area contributed by atoms with Crippen molar-refractivity contribution in [3.05, 3.63) is 36.0 Å². The molecule has 0 bridgehead atoms. The molecule has 2 heterocycles. The zero-order valence-corrected chi connectivity index (χ0v) is 13.6. The summed E-state index contributed by atoms with van der Waals surface area (Å²) in [5.41, 5.74) is 1.60. The highest BCUT2D eigenvalue weighted by Gasteiger charge is 2.22. The molecule has 1 aliphatic heterocycles. The van der Waals surface area contributed by atoms with Crippen molar-refractivity contribution in [1.82, 2.24) is 10.1 Å². The van der Waals surface area contributed by atoms with Crippen LogP contribution < -0.4 is 4.74 Å². The van der Waals surface area contributed by atoms with Gasteiger partial charge in [0.1, 0.15) is 5.75 Å². The van der Waals surface area contributed by atoms with E-state index in [2.05, 4.69) is 12.1 Å². The van der Waals surface area contributed by atoms with Crippen LogP contribution in [0.2, 0.25) is 0 Å². The number of nitrogens with zero attached hydrogens (tertiary/aromatic N) is 2. The molecule has 1 amide bonds. The average Bonchev–Trinajstić information content (AvgIpc) is 3.03. The third kappa shape index (κ3) is 3.73. The summed E-state index contributed by atoms with van der Waals surface area (Å²) in [7, 11) is 1.63. The largest absolute Gasteiger partial charge is 0.497 e. The predicted molar refractivity (Wildman–Crippen MR) is 87.2 cm³/mol. The van der Waals surface area contributed by atoms with Gasteiger partial charge in [0, 0.05) is 24.7 Å². The average molecular weight is 314 g/mol. The molecule has 5 nitrogen and oxygen atoms in total. The SMILES string of the molecule is COc1ccc(-c2cc(CC(=O)N3CCCC(C)C3)no2)cc1. The Labute approximate surface area is 136 Å². The smallest absolute Gasteiger partial charge is 0.228 e. The van der Waals surface area contributed by atoms with Crippen LogP contribution in [0.5, 0.6) is 5.75 Å². The van der Waals surface area contributed by atoms with Crippen LogP contribution in [0.3, 0.4) is 0 Å². The van der Waals surface area contributed by atoms with Gasteiger partial charge in [-0.2, -0.15) is 0 Å². The van der Waals surface area contributed by atoms with Crippen LogP contribution in [0.15, 0.2) is 34.9 Å². The Balaban J connectivity index is 1.65. The van der Waals surface area contributed by atoms with E-state index in [4.69, 9.17) is 9.26 Å². The summed E-state index contributed by atoms with van der Waals surface area (Å²) < 4.78 is 10.5. The first-order chi connectivity index (χ1) is 11.2. The van der Waals surface area contributed by atoms with Gasteiger partial charge in [-0.05, 0) is 43.0 Å². The zero-order chi connectivity index (χ0) is 16.2. The second kappa shape index (κ2) is 6.86. The molecule has 0 aliphatic carbocycles. The van der Waals surface area contributed by atoms with Gasteiger partial charge in [0.2, 0.25) is 5.91 Å². The van der Waals surface area contributed by atoms with Crippen LogP contribution in [0.25, 0.3) is 11.3 Å². The first-order valence-corrected chi connectivity index (χ1v) is 8.03. The van der Waals surface area contributed by atoms with Crippen LogP contribution in [0.1, 0.15) is 25.5 Å². The fourth-order valence-corrected chi connectivity index (χ4v) is 2.97.